The number of thiophene rings is 1. The van der Waals surface area contributed by atoms with Crippen LogP contribution >= 0.6 is 11.3 Å². The molecule has 1 aromatic heterocycles. The Labute approximate surface area is 195 Å². The fraction of sp³-hybridized carbons (Fsp3) is 0.333. The highest BCUT2D eigenvalue weighted by molar-refractivity contribution is 7.21. The number of nitrogens with one attached hydrogen (secondary N) is 1. The Balaban J connectivity index is 1.64. The number of piperazine rings is 1. The lowest BCUT2D eigenvalue weighted by Gasteiger charge is -2.32. The van der Waals surface area contributed by atoms with Gasteiger partial charge in [0.15, 0.2) is 0 Å². The van der Waals surface area contributed by atoms with Crippen LogP contribution in [0.25, 0.3) is 10.1 Å². The summed E-state index contributed by atoms with van der Waals surface area (Å²) in [5.74, 6) is -0.471. The molecule has 2 heterocycles. The van der Waals surface area contributed by atoms with Crippen molar-refractivity contribution in [1.29, 1.82) is 0 Å². The highest BCUT2D eigenvalue weighted by Crippen LogP contribution is 2.35. The van der Waals surface area contributed by atoms with E-state index in [1.165, 1.54) is 31.6 Å². The minimum atomic E-state index is -0.412. The zero-order valence-corrected chi connectivity index (χ0v) is 19.6. The molecule has 1 aliphatic rings. The second-order valence-corrected chi connectivity index (χ2v) is 8.97. The van der Waals surface area contributed by atoms with E-state index in [-0.39, 0.29) is 12.5 Å². The predicted octanol–water partition coefficient (Wildman–Crippen LogP) is 3.84. The van der Waals surface area contributed by atoms with Crippen LogP contribution in [0.3, 0.4) is 0 Å². The average molecular weight is 472 g/mol. The summed E-state index contributed by atoms with van der Waals surface area (Å²) in [4.78, 5) is 30.6. The van der Waals surface area contributed by atoms with E-state index < -0.39 is 11.7 Å². The van der Waals surface area contributed by atoms with Gasteiger partial charge < -0.3 is 24.6 Å². The molecule has 0 aliphatic carbocycles. The van der Waals surface area contributed by atoms with Crippen molar-refractivity contribution in [1.82, 2.24) is 9.80 Å². The van der Waals surface area contributed by atoms with Gasteiger partial charge in [0.05, 0.1) is 24.3 Å². The summed E-state index contributed by atoms with van der Waals surface area (Å²) in [7, 11) is 5.03. The number of carbonyl (C=O) groups excluding carboxylic acids is 2. The number of carbonyl (C=O) groups is 2. The lowest BCUT2D eigenvalue weighted by Crippen LogP contribution is -2.47. The first kappa shape index (κ1) is 23.2. The van der Waals surface area contributed by atoms with E-state index in [1.54, 1.807) is 35.2 Å². The molecule has 7 nitrogen and oxygen atoms in total. The molecule has 9 heteroatoms. The highest BCUT2D eigenvalue weighted by atomic mass is 32.1. The van der Waals surface area contributed by atoms with Crippen LogP contribution in [0.5, 0.6) is 5.75 Å². The number of anilines is 1. The van der Waals surface area contributed by atoms with Gasteiger partial charge >= 0.3 is 0 Å². The van der Waals surface area contributed by atoms with Crippen LogP contribution in [0.4, 0.5) is 10.1 Å². The Morgan fingerprint density at radius 3 is 2.58 bits per heavy atom. The van der Waals surface area contributed by atoms with Crippen molar-refractivity contribution in [3.05, 3.63) is 58.2 Å². The zero-order valence-electron chi connectivity index (χ0n) is 18.8. The van der Waals surface area contributed by atoms with Crippen molar-refractivity contribution in [2.24, 2.45) is 0 Å². The van der Waals surface area contributed by atoms with Crippen LogP contribution in [0.2, 0.25) is 0 Å². The summed E-state index contributed by atoms with van der Waals surface area (Å²) in [5, 5.41) is 3.24. The summed E-state index contributed by atoms with van der Waals surface area (Å²) in [6, 6.07) is 9.74. The number of halogens is 1. The van der Waals surface area contributed by atoms with Crippen LogP contribution in [-0.2, 0) is 11.3 Å². The number of methoxy groups -OCH3 is 2. The third kappa shape index (κ3) is 4.71. The number of ether oxygens (including phenoxy) is 2. The average Bonchev–Trinajstić information content (AvgIpc) is 3.19. The van der Waals surface area contributed by atoms with E-state index in [9.17, 15) is 14.0 Å². The molecule has 1 aliphatic heterocycles. The molecular weight excluding hydrogens is 445 g/mol. The van der Waals surface area contributed by atoms with Gasteiger partial charge in [-0.3, -0.25) is 9.59 Å². The van der Waals surface area contributed by atoms with Crippen LogP contribution in [-0.4, -0.2) is 69.1 Å². The van der Waals surface area contributed by atoms with Gasteiger partial charge in [-0.1, -0.05) is 6.07 Å². The van der Waals surface area contributed by atoms with Gasteiger partial charge in [-0.05, 0) is 37.4 Å². The Morgan fingerprint density at radius 2 is 1.88 bits per heavy atom. The molecule has 2 aromatic carbocycles. The van der Waals surface area contributed by atoms with Gasteiger partial charge in [-0.2, -0.15) is 0 Å². The molecule has 4 rings (SSSR count). The van der Waals surface area contributed by atoms with Crippen molar-refractivity contribution in [2.75, 3.05) is 52.8 Å². The minimum Gasteiger partial charge on any atom is -0.495 e. The Morgan fingerprint density at radius 1 is 1.12 bits per heavy atom. The first-order valence-corrected chi connectivity index (χ1v) is 11.4. The van der Waals surface area contributed by atoms with Crippen LogP contribution in [0, 0.1) is 5.82 Å². The molecule has 0 spiro atoms. The Bertz CT molecular complexity index is 1190. The van der Waals surface area contributed by atoms with E-state index in [4.69, 9.17) is 9.47 Å². The van der Waals surface area contributed by atoms with Crippen LogP contribution in [0.1, 0.15) is 25.6 Å². The number of hydrogen-bond acceptors (Lipinski definition) is 6. The Hall–Kier alpha value is -3.01. The molecule has 2 amide bonds. The van der Waals surface area contributed by atoms with E-state index in [0.717, 1.165) is 13.1 Å². The quantitative estimate of drug-likeness (QED) is 0.592. The molecule has 0 radical (unpaired) electrons. The summed E-state index contributed by atoms with van der Waals surface area (Å²) >= 11 is 1.20. The smallest absolute Gasteiger partial charge is 0.266 e. The highest BCUT2D eigenvalue weighted by Gasteiger charge is 2.24. The largest absolute Gasteiger partial charge is 0.495 e. The topological polar surface area (TPSA) is 71.1 Å². The first-order chi connectivity index (χ1) is 15.9. The van der Waals surface area contributed by atoms with Gasteiger partial charge in [-0.15, -0.1) is 11.3 Å². The van der Waals surface area contributed by atoms with Crippen LogP contribution < -0.4 is 10.1 Å². The third-order valence-electron chi connectivity index (χ3n) is 5.74. The summed E-state index contributed by atoms with van der Waals surface area (Å²) in [6.07, 6.45) is 0. The van der Waals surface area contributed by atoms with Crippen molar-refractivity contribution in [3.63, 3.8) is 0 Å². The number of benzene rings is 2. The molecular formula is C24H26FN3O4S. The molecule has 1 saturated heterocycles. The van der Waals surface area contributed by atoms with Crippen molar-refractivity contribution >= 4 is 38.9 Å². The molecule has 1 fully saturated rings. The van der Waals surface area contributed by atoms with Gasteiger partial charge in [0.25, 0.3) is 11.8 Å². The van der Waals surface area contributed by atoms with E-state index in [1.807, 2.05) is 7.05 Å². The zero-order chi connectivity index (χ0) is 23.5. The van der Waals surface area contributed by atoms with E-state index in [2.05, 4.69) is 10.2 Å². The fourth-order valence-electron chi connectivity index (χ4n) is 3.94. The van der Waals surface area contributed by atoms with Crippen molar-refractivity contribution in [2.45, 2.75) is 6.61 Å². The number of rotatable bonds is 6. The first-order valence-electron chi connectivity index (χ1n) is 10.6. The van der Waals surface area contributed by atoms with Crippen LogP contribution in [0.15, 0.2) is 36.4 Å². The summed E-state index contributed by atoms with van der Waals surface area (Å²) < 4.78 is 25.8. The molecule has 1 N–H and O–H groups in total. The molecule has 0 atom stereocenters. The molecule has 0 unspecified atom stereocenters. The third-order valence-corrected chi connectivity index (χ3v) is 6.94. The second kappa shape index (κ2) is 9.86. The maximum Gasteiger partial charge on any atom is 0.266 e. The summed E-state index contributed by atoms with van der Waals surface area (Å²) in [6.45, 7) is 3.03. The Kier molecular flexibility index (Phi) is 6.92. The number of amides is 2. The predicted molar refractivity (Wildman–Crippen MR) is 127 cm³/mol. The second-order valence-electron chi connectivity index (χ2n) is 7.92. The van der Waals surface area contributed by atoms with E-state index in [0.29, 0.717) is 50.6 Å². The lowest BCUT2D eigenvalue weighted by atomic mass is 10.1. The lowest BCUT2D eigenvalue weighted by molar-refractivity contribution is 0.0664. The van der Waals surface area contributed by atoms with Crippen molar-refractivity contribution in [3.8, 4) is 5.75 Å². The molecule has 3 aromatic rings. The minimum absolute atomic E-state index is 0.0924. The number of hydrogen-bond donors (Lipinski definition) is 1. The van der Waals surface area contributed by atoms with E-state index >= 15 is 0 Å². The maximum absolute atomic E-state index is 14.5. The van der Waals surface area contributed by atoms with Gasteiger partial charge in [0.2, 0.25) is 0 Å². The standard InChI is InChI=1S/C24H26FN3O4S/c1-27-9-11-28(12-10-27)24(30)15-7-8-19(32-3)18(13-15)26-23(29)22-16(14-31-2)21-17(25)5-4-6-20(21)33-22/h4-8,13H,9-12,14H2,1-3H3,(H,26,29). The normalized spacial score (nSPS) is 14.5. The molecule has 174 valence electrons. The SMILES string of the molecule is COCc1c(C(=O)Nc2cc(C(=O)N3CCN(C)CC3)ccc2OC)sc2cccc(F)c12. The number of likely N-dealkylation sites (N-methyl/N-ethyl adjacent to an activating group) is 1. The van der Waals surface area contributed by atoms with Gasteiger partial charge in [-0.25, -0.2) is 4.39 Å². The molecule has 0 saturated carbocycles. The molecule has 0 bridgehead atoms. The fourth-order valence-corrected chi connectivity index (χ4v) is 5.06. The number of nitrogens with zero attached hydrogens (tertiary/aromatic N) is 2. The summed E-state index contributed by atoms with van der Waals surface area (Å²) in [5.41, 5.74) is 1.34. The number of fused-ring (bicyclic) bond motifs is 1. The van der Waals surface area contributed by atoms with Gasteiger partial charge in [0.1, 0.15) is 11.6 Å². The van der Waals surface area contributed by atoms with Crippen molar-refractivity contribution < 1.29 is 23.5 Å². The maximum atomic E-state index is 14.5. The molecule has 33 heavy (non-hydrogen) atoms. The van der Waals surface area contributed by atoms with Gasteiger partial charge in [0, 0.05) is 54.5 Å². The monoisotopic (exact) mass is 471 g/mol.